The van der Waals surface area contributed by atoms with Gasteiger partial charge in [0.1, 0.15) is 6.17 Å². The number of carbonyl (C=O) groups excluding carboxylic acids is 1. The van der Waals surface area contributed by atoms with E-state index in [1.807, 2.05) is 48.5 Å². The van der Waals surface area contributed by atoms with Gasteiger partial charge in [-0.2, -0.15) is 4.31 Å². The van der Waals surface area contributed by atoms with Crippen molar-refractivity contribution in [1.82, 2.24) is 9.21 Å². The number of rotatable bonds is 6. The number of sulfonamides is 1. The molecule has 3 aromatic carbocycles. The molecule has 1 unspecified atom stereocenters. The van der Waals surface area contributed by atoms with E-state index in [1.165, 1.54) is 0 Å². The van der Waals surface area contributed by atoms with Crippen LogP contribution in [0.25, 0.3) is 0 Å². The van der Waals surface area contributed by atoms with E-state index in [0.717, 1.165) is 36.1 Å². The van der Waals surface area contributed by atoms with Crippen LogP contribution in [0, 0.1) is 0 Å². The summed E-state index contributed by atoms with van der Waals surface area (Å²) in [4.78, 5) is 15.3. The van der Waals surface area contributed by atoms with Crippen molar-refractivity contribution in [3.8, 4) is 0 Å². The molecule has 0 bridgehead atoms. The summed E-state index contributed by atoms with van der Waals surface area (Å²) in [6.07, 6.45) is 2.47. The second kappa shape index (κ2) is 9.41. The molecule has 0 aromatic heterocycles. The molecule has 0 radical (unpaired) electrons. The van der Waals surface area contributed by atoms with Crippen LogP contribution in [0.5, 0.6) is 0 Å². The summed E-state index contributed by atoms with van der Waals surface area (Å²) in [5.74, 6) is -0.0719. The fraction of sp³-hybridized carbons (Fsp3) is 0.269. The van der Waals surface area contributed by atoms with Gasteiger partial charge in [-0.05, 0) is 54.8 Å². The number of halogens is 1. The zero-order valence-electron chi connectivity index (χ0n) is 18.7. The van der Waals surface area contributed by atoms with Crippen LogP contribution in [0.3, 0.4) is 0 Å². The van der Waals surface area contributed by atoms with Crippen molar-refractivity contribution in [3.05, 3.63) is 94.5 Å². The summed E-state index contributed by atoms with van der Waals surface area (Å²) >= 11 is 6.37. The first-order chi connectivity index (χ1) is 16.4. The molecule has 0 aliphatic carbocycles. The average Bonchev–Trinajstić information content (AvgIpc) is 3.12. The molecule has 6 nitrogen and oxygen atoms in total. The first-order valence-electron chi connectivity index (χ1n) is 11.5. The van der Waals surface area contributed by atoms with Gasteiger partial charge in [0.2, 0.25) is 10.0 Å². The van der Waals surface area contributed by atoms with Crippen molar-refractivity contribution in [1.29, 1.82) is 0 Å². The van der Waals surface area contributed by atoms with Gasteiger partial charge in [-0.3, -0.25) is 4.79 Å². The minimum Gasteiger partial charge on any atom is -0.361 e. The topological polar surface area (TPSA) is 69.7 Å². The number of benzene rings is 3. The normalized spacial score (nSPS) is 18.7. The van der Waals surface area contributed by atoms with Gasteiger partial charge in [0.05, 0.1) is 4.90 Å². The zero-order chi connectivity index (χ0) is 23.7. The Bertz CT molecular complexity index is 1300. The van der Waals surface area contributed by atoms with Crippen molar-refractivity contribution in [3.63, 3.8) is 0 Å². The van der Waals surface area contributed by atoms with Gasteiger partial charge in [-0.1, -0.05) is 54.4 Å². The average molecular weight is 496 g/mol. The van der Waals surface area contributed by atoms with Gasteiger partial charge in [-0.15, -0.1) is 0 Å². The SMILES string of the molecule is O=C1c2ccccc2C(Nc2ccc(S(=O)(=O)N3CCCCC3)cc2)N1Cc1ccccc1Cl. The first kappa shape index (κ1) is 22.9. The standard InChI is InChI=1S/C26H26ClN3O3S/c27-24-11-5-2-8-19(24)18-30-25(22-9-3-4-10-23(22)26(30)31)28-20-12-14-21(15-13-20)34(32,33)29-16-6-1-7-17-29/h2-5,8-15,25,28H,1,6-7,16-18H2. The molecule has 1 saturated heterocycles. The molecule has 1 N–H and O–H groups in total. The number of hydrogen-bond acceptors (Lipinski definition) is 4. The van der Waals surface area contributed by atoms with E-state index in [0.29, 0.717) is 30.2 Å². The summed E-state index contributed by atoms with van der Waals surface area (Å²) in [6.45, 7) is 1.49. The first-order valence-corrected chi connectivity index (χ1v) is 13.3. The second-order valence-corrected chi connectivity index (χ2v) is 11.0. The number of nitrogens with zero attached hydrogens (tertiary/aromatic N) is 2. The Kier molecular flexibility index (Phi) is 6.34. The molecule has 3 aromatic rings. The zero-order valence-corrected chi connectivity index (χ0v) is 20.2. The van der Waals surface area contributed by atoms with Crippen LogP contribution < -0.4 is 5.32 Å². The van der Waals surface area contributed by atoms with E-state index in [1.54, 1.807) is 33.5 Å². The van der Waals surface area contributed by atoms with Crippen molar-refractivity contribution in [2.24, 2.45) is 0 Å². The van der Waals surface area contributed by atoms with E-state index in [-0.39, 0.29) is 10.8 Å². The van der Waals surface area contributed by atoms with Crippen LogP contribution in [0.15, 0.2) is 77.7 Å². The summed E-state index contributed by atoms with van der Waals surface area (Å²) in [6, 6.07) is 21.8. The molecule has 0 spiro atoms. The number of nitrogens with one attached hydrogen (secondary N) is 1. The maximum absolute atomic E-state index is 13.2. The third-order valence-corrected chi connectivity index (χ3v) is 8.75. The monoisotopic (exact) mass is 495 g/mol. The molecule has 8 heteroatoms. The predicted molar refractivity (Wildman–Crippen MR) is 133 cm³/mol. The number of anilines is 1. The Labute approximate surface area is 205 Å². The second-order valence-electron chi connectivity index (χ2n) is 8.65. The lowest BCUT2D eigenvalue weighted by Gasteiger charge is -2.28. The Morgan fingerprint density at radius 3 is 2.29 bits per heavy atom. The van der Waals surface area contributed by atoms with E-state index in [4.69, 9.17) is 11.6 Å². The minimum absolute atomic E-state index is 0.0719. The van der Waals surface area contributed by atoms with E-state index in [9.17, 15) is 13.2 Å². The van der Waals surface area contributed by atoms with Gasteiger partial charge in [0, 0.05) is 41.5 Å². The fourth-order valence-electron chi connectivity index (χ4n) is 4.63. The smallest absolute Gasteiger partial charge is 0.256 e. The van der Waals surface area contributed by atoms with Crippen LogP contribution in [0.4, 0.5) is 5.69 Å². The summed E-state index contributed by atoms with van der Waals surface area (Å²) in [7, 11) is -3.49. The molecule has 34 heavy (non-hydrogen) atoms. The lowest BCUT2D eigenvalue weighted by atomic mass is 10.1. The molecule has 176 valence electrons. The molecule has 1 amide bonds. The Hall–Kier alpha value is -2.87. The molecular formula is C26H26ClN3O3S. The highest BCUT2D eigenvalue weighted by Gasteiger charge is 2.36. The van der Waals surface area contributed by atoms with Crippen molar-refractivity contribution < 1.29 is 13.2 Å². The fourth-order valence-corrected chi connectivity index (χ4v) is 6.35. The Morgan fingerprint density at radius 1 is 0.882 bits per heavy atom. The van der Waals surface area contributed by atoms with Crippen LogP contribution in [-0.2, 0) is 16.6 Å². The third kappa shape index (κ3) is 4.31. The highest BCUT2D eigenvalue weighted by Crippen LogP contribution is 2.36. The number of fused-ring (bicyclic) bond motifs is 1. The van der Waals surface area contributed by atoms with E-state index >= 15 is 0 Å². The Balaban J connectivity index is 1.41. The van der Waals surface area contributed by atoms with Crippen LogP contribution in [0.1, 0.15) is 46.9 Å². The van der Waals surface area contributed by atoms with Gasteiger partial charge in [-0.25, -0.2) is 8.42 Å². The summed E-state index contributed by atoms with van der Waals surface area (Å²) in [5, 5.41) is 4.04. The van der Waals surface area contributed by atoms with Crippen LogP contribution in [0.2, 0.25) is 5.02 Å². The Morgan fingerprint density at radius 2 is 1.56 bits per heavy atom. The van der Waals surface area contributed by atoms with Crippen molar-refractivity contribution >= 4 is 33.2 Å². The predicted octanol–water partition coefficient (Wildman–Crippen LogP) is 5.28. The van der Waals surface area contributed by atoms with Gasteiger partial charge in [0.25, 0.3) is 5.91 Å². The largest absolute Gasteiger partial charge is 0.361 e. The van der Waals surface area contributed by atoms with Crippen molar-refractivity contribution in [2.45, 2.75) is 36.9 Å². The van der Waals surface area contributed by atoms with Crippen LogP contribution >= 0.6 is 11.6 Å². The number of hydrogen-bond donors (Lipinski definition) is 1. The van der Waals surface area contributed by atoms with Crippen LogP contribution in [-0.4, -0.2) is 36.6 Å². The van der Waals surface area contributed by atoms with E-state index < -0.39 is 16.2 Å². The molecule has 2 aliphatic heterocycles. The lowest BCUT2D eigenvalue weighted by Crippen LogP contribution is -2.35. The molecular weight excluding hydrogens is 470 g/mol. The molecule has 2 aliphatic rings. The lowest BCUT2D eigenvalue weighted by molar-refractivity contribution is 0.0729. The molecule has 2 heterocycles. The molecule has 1 fully saturated rings. The number of amides is 1. The summed E-state index contributed by atoms with van der Waals surface area (Å²) < 4.78 is 27.5. The highest BCUT2D eigenvalue weighted by molar-refractivity contribution is 7.89. The van der Waals surface area contributed by atoms with E-state index in [2.05, 4.69) is 5.32 Å². The molecule has 1 atom stereocenters. The van der Waals surface area contributed by atoms with Gasteiger partial charge < -0.3 is 10.2 Å². The molecule has 5 rings (SSSR count). The maximum atomic E-state index is 13.2. The highest BCUT2D eigenvalue weighted by atomic mass is 35.5. The summed E-state index contributed by atoms with van der Waals surface area (Å²) in [5.41, 5.74) is 3.12. The number of carbonyl (C=O) groups is 1. The minimum atomic E-state index is -3.49. The number of piperidine rings is 1. The maximum Gasteiger partial charge on any atom is 0.256 e. The van der Waals surface area contributed by atoms with Gasteiger partial charge in [0.15, 0.2) is 0 Å². The van der Waals surface area contributed by atoms with Crippen molar-refractivity contribution in [2.75, 3.05) is 18.4 Å². The quantitative estimate of drug-likeness (QED) is 0.505. The van der Waals surface area contributed by atoms with Gasteiger partial charge >= 0.3 is 0 Å². The third-order valence-electron chi connectivity index (χ3n) is 6.47. The molecule has 0 saturated carbocycles.